The fourth-order valence-electron chi connectivity index (χ4n) is 2.20. The van der Waals surface area contributed by atoms with Gasteiger partial charge in [0.25, 0.3) is 5.91 Å². The van der Waals surface area contributed by atoms with E-state index in [0.29, 0.717) is 19.8 Å². The molecule has 0 spiro atoms. The Bertz CT molecular complexity index is 420. The molecule has 0 aromatic heterocycles. The summed E-state index contributed by atoms with van der Waals surface area (Å²) in [6.07, 6.45) is 0. The van der Waals surface area contributed by atoms with Crippen LogP contribution in [0.15, 0.2) is 24.3 Å². The third-order valence-corrected chi connectivity index (χ3v) is 3.15. The first-order valence-corrected chi connectivity index (χ1v) is 6.45. The largest absolute Gasteiger partial charge is 0.385 e. The molecular weight excluding hydrogens is 228 g/mol. The Hall–Kier alpha value is -1.55. The lowest BCUT2D eigenvalue weighted by Gasteiger charge is -2.33. The first kappa shape index (κ1) is 12.9. The van der Waals surface area contributed by atoms with Gasteiger partial charge in [0.05, 0.1) is 24.8 Å². The molecule has 1 N–H and O–H groups in total. The smallest absolute Gasteiger partial charge is 0.256 e. The van der Waals surface area contributed by atoms with E-state index in [4.69, 9.17) is 4.74 Å². The Labute approximate surface area is 108 Å². The van der Waals surface area contributed by atoms with Crippen molar-refractivity contribution in [1.82, 2.24) is 4.90 Å². The highest BCUT2D eigenvalue weighted by Gasteiger charge is 2.25. The van der Waals surface area contributed by atoms with E-state index in [1.54, 1.807) is 0 Å². The number of para-hydroxylation sites is 1. The normalized spacial score (nSPS) is 19.7. The molecule has 1 saturated heterocycles. The third-order valence-electron chi connectivity index (χ3n) is 3.15. The molecule has 4 nitrogen and oxygen atoms in total. The molecule has 1 aromatic rings. The molecule has 98 valence electrons. The maximum absolute atomic E-state index is 12.5. The van der Waals surface area contributed by atoms with Gasteiger partial charge in [0.2, 0.25) is 0 Å². The monoisotopic (exact) mass is 248 g/mol. The summed E-state index contributed by atoms with van der Waals surface area (Å²) in [5.41, 5.74) is 1.65. The predicted octanol–water partition coefficient (Wildman–Crippen LogP) is 1.98. The van der Waals surface area contributed by atoms with E-state index in [9.17, 15) is 4.79 Å². The summed E-state index contributed by atoms with van der Waals surface area (Å²) in [5, 5.41) is 3.23. The Morgan fingerprint density at radius 2 is 2.28 bits per heavy atom. The number of morpholine rings is 1. The number of carbonyl (C=O) groups excluding carboxylic acids is 1. The molecule has 0 radical (unpaired) electrons. The summed E-state index contributed by atoms with van der Waals surface area (Å²) in [6.45, 7) is 6.77. The SMILES string of the molecule is CCNc1ccccc1C(=O)N1CCOC[C@H]1C. The highest BCUT2D eigenvalue weighted by molar-refractivity contribution is 5.99. The Morgan fingerprint density at radius 1 is 1.50 bits per heavy atom. The number of hydrogen-bond donors (Lipinski definition) is 1. The van der Waals surface area contributed by atoms with Crippen molar-refractivity contribution < 1.29 is 9.53 Å². The molecule has 1 aromatic carbocycles. The van der Waals surface area contributed by atoms with E-state index in [-0.39, 0.29) is 11.9 Å². The van der Waals surface area contributed by atoms with Gasteiger partial charge in [0.1, 0.15) is 0 Å². The maximum atomic E-state index is 12.5. The fourth-order valence-corrected chi connectivity index (χ4v) is 2.20. The molecule has 4 heteroatoms. The van der Waals surface area contributed by atoms with Crippen LogP contribution in [0.2, 0.25) is 0 Å². The van der Waals surface area contributed by atoms with Gasteiger partial charge in [-0.1, -0.05) is 12.1 Å². The second-order valence-electron chi connectivity index (χ2n) is 4.50. The van der Waals surface area contributed by atoms with E-state index in [1.165, 1.54) is 0 Å². The van der Waals surface area contributed by atoms with Gasteiger partial charge >= 0.3 is 0 Å². The number of rotatable bonds is 3. The molecule has 0 bridgehead atoms. The minimum atomic E-state index is 0.0855. The van der Waals surface area contributed by atoms with Gasteiger partial charge < -0.3 is 15.0 Å². The summed E-state index contributed by atoms with van der Waals surface area (Å²) in [7, 11) is 0. The fraction of sp³-hybridized carbons (Fsp3) is 0.500. The van der Waals surface area contributed by atoms with Crippen LogP contribution in [0.5, 0.6) is 0 Å². The van der Waals surface area contributed by atoms with Crippen LogP contribution < -0.4 is 5.32 Å². The van der Waals surface area contributed by atoms with Gasteiger partial charge in [0.15, 0.2) is 0 Å². The van der Waals surface area contributed by atoms with Crippen LogP contribution in [-0.2, 0) is 4.74 Å². The number of carbonyl (C=O) groups is 1. The maximum Gasteiger partial charge on any atom is 0.256 e. The Morgan fingerprint density at radius 3 is 3.00 bits per heavy atom. The summed E-state index contributed by atoms with van der Waals surface area (Å²) in [6, 6.07) is 7.81. The predicted molar refractivity (Wildman–Crippen MR) is 71.9 cm³/mol. The van der Waals surface area contributed by atoms with Crippen LogP contribution in [0.25, 0.3) is 0 Å². The molecule has 0 unspecified atom stereocenters. The van der Waals surface area contributed by atoms with Crippen molar-refractivity contribution in [2.75, 3.05) is 31.6 Å². The van der Waals surface area contributed by atoms with Crippen molar-refractivity contribution in [2.24, 2.45) is 0 Å². The molecule has 0 aliphatic carbocycles. The first-order valence-electron chi connectivity index (χ1n) is 6.45. The van der Waals surface area contributed by atoms with E-state index in [2.05, 4.69) is 5.32 Å². The topological polar surface area (TPSA) is 41.6 Å². The number of nitrogens with one attached hydrogen (secondary N) is 1. The average Bonchev–Trinajstić information content (AvgIpc) is 2.40. The minimum absolute atomic E-state index is 0.0855. The van der Waals surface area contributed by atoms with E-state index < -0.39 is 0 Å². The molecule has 1 aliphatic rings. The van der Waals surface area contributed by atoms with Crippen LogP contribution in [0, 0.1) is 0 Å². The molecule has 2 rings (SSSR count). The highest BCUT2D eigenvalue weighted by Crippen LogP contribution is 2.19. The summed E-state index contributed by atoms with van der Waals surface area (Å²) in [5.74, 6) is 0.0855. The second kappa shape index (κ2) is 5.87. The van der Waals surface area contributed by atoms with Crippen molar-refractivity contribution >= 4 is 11.6 Å². The van der Waals surface area contributed by atoms with Gasteiger partial charge in [0, 0.05) is 18.8 Å². The van der Waals surface area contributed by atoms with E-state index in [1.807, 2.05) is 43.0 Å². The van der Waals surface area contributed by atoms with E-state index >= 15 is 0 Å². The molecule has 18 heavy (non-hydrogen) atoms. The number of hydrogen-bond acceptors (Lipinski definition) is 3. The second-order valence-corrected chi connectivity index (χ2v) is 4.50. The van der Waals surface area contributed by atoms with E-state index in [0.717, 1.165) is 17.8 Å². The zero-order valence-corrected chi connectivity index (χ0v) is 11.0. The molecule has 1 atom stereocenters. The van der Waals surface area contributed by atoms with Crippen LogP contribution in [0.1, 0.15) is 24.2 Å². The Kier molecular flexibility index (Phi) is 4.20. The zero-order valence-electron chi connectivity index (χ0n) is 11.0. The highest BCUT2D eigenvalue weighted by atomic mass is 16.5. The average molecular weight is 248 g/mol. The van der Waals surface area contributed by atoms with Crippen molar-refractivity contribution in [2.45, 2.75) is 19.9 Å². The van der Waals surface area contributed by atoms with Crippen LogP contribution >= 0.6 is 0 Å². The van der Waals surface area contributed by atoms with Crippen molar-refractivity contribution in [1.29, 1.82) is 0 Å². The number of nitrogens with zero attached hydrogens (tertiary/aromatic N) is 1. The summed E-state index contributed by atoms with van der Waals surface area (Å²) >= 11 is 0. The standard InChI is InChI=1S/C14H20N2O2/c1-3-15-13-7-5-4-6-12(13)14(17)16-8-9-18-10-11(16)2/h4-7,11,15H,3,8-10H2,1-2H3/t11-/m1/s1. The number of amides is 1. The minimum Gasteiger partial charge on any atom is -0.385 e. The van der Waals surface area contributed by atoms with Crippen molar-refractivity contribution in [3.63, 3.8) is 0 Å². The summed E-state index contributed by atoms with van der Waals surface area (Å²) in [4.78, 5) is 14.4. The first-order chi connectivity index (χ1) is 8.74. The lowest BCUT2D eigenvalue weighted by atomic mass is 10.1. The number of anilines is 1. The quantitative estimate of drug-likeness (QED) is 0.889. The molecule has 1 aliphatic heterocycles. The van der Waals surface area contributed by atoms with Crippen LogP contribution in [0.4, 0.5) is 5.69 Å². The summed E-state index contributed by atoms with van der Waals surface area (Å²) < 4.78 is 5.37. The lowest BCUT2D eigenvalue weighted by molar-refractivity contribution is 0.00365. The molecule has 0 saturated carbocycles. The van der Waals surface area contributed by atoms with Crippen LogP contribution in [-0.4, -0.2) is 43.2 Å². The van der Waals surface area contributed by atoms with Gasteiger partial charge in [-0.25, -0.2) is 0 Å². The third kappa shape index (κ3) is 2.64. The molecule has 1 heterocycles. The van der Waals surface area contributed by atoms with Gasteiger partial charge in [-0.2, -0.15) is 0 Å². The van der Waals surface area contributed by atoms with Gasteiger partial charge in [-0.15, -0.1) is 0 Å². The number of ether oxygens (including phenoxy) is 1. The molecule has 1 fully saturated rings. The number of benzene rings is 1. The zero-order chi connectivity index (χ0) is 13.0. The van der Waals surface area contributed by atoms with Gasteiger partial charge in [-0.05, 0) is 26.0 Å². The lowest BCUT2D eigenvalue weighted by Crippen LogP contribution is -2.47. The van der Waals surface area contributed by atoms with Crippen LogP contribution in [0.3, 0.4) is 0 Å². The van der Waals surface area contributed by atoms with Crippen molar-refractivity contribution in [3.8, 4) is 0 Å². The van der Waals surface area contributed by atoms with Crippen molar-refractivity contribution in [3.05, 3.63) is 29.8 Å². The molecule has 1 amide bonds. The van der Waals surface area contributed by atoms with Gasteiger partial charge in [-0.3, -0.25) is 4.79 Å². The molecular formula is C14H20N2O2. The Balaban J connectivity index is 2.22.